The predicted octanol–water partition coefficient (Wildman–Crippen LogP) is 1.97. The second-order valence-corrected chi connectivity index (χ2v) is 3.33. The number of ether oxygens (including phenoxy) is 1. The second kappa shape index (κ2) is 6.35. The topological polar surface area (TPSA) is 43.4 Å². The number of rotatable bonds is 6. The van der Waals surface area contributed by atoms with Crippen molar-refractivity contribution in [3.05, 3.63) is 12.7 Å². The van der Waals surface area contributed by atoms with Crippen molar-refractivity contribution in [2.45, 2.75) is 26.7 Å². The van der Waals surface area contributed by atoms with E-state index in [1.807, 2.05) is 6.92 Å². The van der Waals surface area contributed by atoms with E-state index in [4.69, 9.17) is 0 Å². The first-order chi connectivity index (χ1) is 6.58. The fourth-order valence-electron chi connectivity index (χ4n) is 1.39. The third-order valence-corrected chi connectivity index (χ3v) is 2.37. The molecule has 0 aromatic rings. The summed E-state index contributed by atoms with van der Waals surface area (Å²) in [5.74, 6) is -1.50. The van der Waals surface area contributed by atoms with Crippen LogP contribution in [0.4, 0.5) is 0 Å². The van der Waals surface area contributed by atoms with Crippen LogP contribution < -0.4 is 0 Å². The van der Waals surface area contributed by atoms with E-state index in [9.17, 15) is 9.59 Å². The fourth-order valence-corrected chi connectivity index (χ4v) is 1.39. The molecule has 0 aromatic carbocycles. The van der Waals surface area contributed by atoms with Gasteiger partial charge in [0, 0.05) is 5.92 Å². The first-order valence-corrected chi connectivity index (χ1v) is 4.83. The van der Waals surface area contributed by atoms with Gasteiger partial charge in [-0.1, -0.05) is 26.3 Å². The van der Waals surface area contributed by atoms with Gasteiger partial charge in [-0.2, -0.15) is 0 Å². The second-order valence-electron chi connectivity index (χ2n) is 3.33. The minimum Gasteiger partial charge on any atom is -0.463 e. The molecular weight excluding hydrogens is 180 g/mol. The van der Waals surface area contributed by atoms with Crippen LogP contribution in [0.15, 0.2) is 12.7 Å². The largest absolute Gasteiger partial charge is 0.463 e. The normalized spacial score (nSPS) is 14.2. The number of Topliss-reactive ketones (excluding diaryl/α,β-unsaturated/α-hetero) is 1. The van der Waals surface area contributed by atoms with Gasteiger partial charge < -0.3 is 4.74 Å². The average molecular weight is 198 g/mol. The Kier molecular flexibility index (Phi) is 5.84. The molecule has 0 amide bonds. The van der Waals surface area contributed by atoms with Crippen molar-refractivity contribution in [1.82, 2.24) is 0 Å². The molecule has 0 aliphatic heterocycles. The Labute approximate surface area is 85.1 Å². The minimum atomic E-state index is -0.763. The molecule has 14 heavy (non-hydrogen) atoms. The highest BCUT2D eigenvalue weighted by Crippen LogP contribution is 2.19. The zero-order chi connectivity index (χ0) is 11.1. The Morgan fingerprint density at radius 3 is 2.43 bits per heavy atom. The molecule has 80 valence electrons. The van der Waals surface area contributed by atoms with E-state index in [2.05, 4.69) is 11.3 Å². The minimum absolute atomic E-state index is 0.0617. The molecule has 0 aromatic heterocycles. The lowest BCUT2D eigenvalue weighted by atomic mass is 9.87. The van der Waals surface area contributed by atoms with Gasteiger partial charge in [0.2, 0.25) is 5.78 Å². The summed E-state index contributed by atoms with van der Waals surface area (Å²) in [4.78, 5) is 22.4. The number of methoxy groups -OCH3 is 1. The number of carbonyl (C=O) groups excluding carboxylic acids is 2. The van der Waals surface area contributed by atoms with Gasteiger partial charge in [0.25, 0.3) is 0 Å². The Balaban J connectivity index is 4.41. The Morgan fingerprint density at radius 1 is 1.50 bits per heavy atom. The highest BCUT2D eigenvalue weighted by molar-refractivity contribution is 6.34. The van der Waals surface area contributed by atoms with Crippen molar-refractivity contribution in [3.8, 4) is 0 Å². The molecule has 0 saturated carbocycles. The van der Waals surface area contributed by atoms with Crippen LogP contribution in [-0.2, 0) is 14.3 Å². The van der Waals surface area contributed by atoms with Gasteiger partial charge in [0.15, 0.2) is 0 Å². The number of esters is 1. The number of ketones is 1. The lowest BCUT2D eigenvalue weighted by Crippen LogP contribution is -2.27. The summed E-state index contributed by atoms with van der Waals surface area (Å²) >= 11 is 0. The van der Waals surface area contributed by atoms with Crippen LogP contribution in [0.2, 0.25) is 0 Å². The molecule has 0 aliphatic rings. The molecule has 0 unspecified atom stereocenters. The molecule has 0 spiro atoms. The third kappa shape index (κ3) is 3.32. The quantitative estimate of drug-likeness (QED) is 0.372. The Bertz CT molecular complexity index is 221. The van der Waals surface area contributed by atoms with Gasteiger partial charge in [0.1, 0.15) is 0 Å². The molecule has 0 heterocycles. The van der Waals surface area contributed by atoms with Gasteiger partial charge in [-0.25, -0.2) is 4.79 Å². The zero-order valence-corrected chi connectivity index (χ0v) is 9.08. The van der Waals surface area contributed by atoms with Crippen molar-refractivity contribution >= 4 is 11.8 Å². The van der Waals surface area contributed by atoms with E-state index in [1.54, 1.807) is 13.0 Å². The monoisotopic (exact) mass is 198 g/mol. The van der Waals surface area contributed by atoms with Crippen LogP contribution in [0.1, 0.15) is 26.7 Å². The van der Waals surface area contributed by atoms with Crippen molar-refractivity contribution in [3.63, 3.8) is 0 Å². The van der Waals surface area contributed by atoms with E-state index < -0.39 is 11.8 Å². The van der Waals surface area contributed by atoms with Crippen LogP contribution >= 0.6 is 0 Å². The summed E-state index contributed by atoms with van der Waals surface area (Å²) in [6.07, 6.45) is 3.57. The summed E-state index contributed by atoms with van der Waals surface area (Å²) in [5.41, 5.74) is 0. The van der Waals surface area contributed by atoms with Gasteiger partial charge >= 0.3 is 5.97 Å². The lowest BCUT2D eigenvalue weighted by Gasteiger charge is -2.17. The maximum absolute atomic E-state index is 11.4. The predicted molar refractivity (Wildman–Crippen MR) is 54.8 cm³/mol. The first-order valence-electron chi connectivity index (χ1n) is 4.83. The van der Waals surface area contributed by atoms with E-state index in [-0.39, 0.29) is 11.8 Å². The van der Waals surface area contributed by atoms with Gasteiger partial charge in [-0.15, -0.1) is 6.58 Å². The molecule has 0 fully saturated rings. The highest BCUT2D eigenvalue weighted by atomic mass is 16.5. The molecule has 2 atom stereocenters. The zero-order valence-electron chi connectivity index (χ0n) is 9.08. The van der Waals surface area contributed by atoms with E-state index in [0.717, 1.165) is 12.8 Å². The lowest BCUT2D eigenvalue weighted by molar-refractivity contribution is -0.153. The molecule has 0 radical (unpaired) electrons. The maximum Gasteiger partial charge on any atom is 0.374 e. The smallest absolute Gasteiger partial charge is 0.374 e. The van der Waals surface area contributed by atoms with Crippen molar-refractivity contribution in [2.24, 2.45) is 11.8 Å². The number of carbonyl (C=O) groups is 2. The maximum atomic E-state index is 11.4. The van der Waals surface area contributed by atoms with E-state index in [0.29, 0.717) is 0 Å². The average Bonchev–Trinajstić information content (AvgIpc) is 2.22. The molecule has 0 N–H and O–H groups in total. The van der Waals surface area contributed by atoms with Crippen LogP contribution in [-0.4, -0.2) is 18.9 Å². The number of allylic oxidation sites excluding steroid dienone is 1. The Hall–Kier alpha value is -1.12. The van der Waals surface area contributed by atoms with Gasteiger partial charge in [-0.3, -0.25) is 4.79 Å². The third-order valence-electron chi connectivity index (χ3n) is 2.37. The molecule has 0 saturated heterocycles. The number of hydrogen-bond donors (Lipinski definition) is 0. The summed E-state index contributed by atoms with van der Waals surface area (Å²) in [6, 6.07) is 0. The summed E-state index contributed by atoms with van der Waals surface area (Å²) in [7, 11) is 1.22. The standard InChI is InChI=1S/C11H18O3/c1-5-7-9(6-2)8(3)10(12)11(13)14-4/h6,8-9H,2,5,7H2,1,3-4H3/t8-,9+/m1/s1. The number of hydrogen-bond acceptors (Lipinski definition) is 3. The molecule has 0 bridgehead atoms. The van der Waals surface area contributed by atoms with Gasteiger partial charge in [0.05, 0.1) is 7.11 Å². The summed E-state index contributed by atoms with van der Waals surface area (Å²) in [5, 5.41) is 0. The molecule has 3 heteroatoms. The van der Waals surface area contributed by atoms with Crippen LogP contribution in [0.3, 0.4) is 0 Å². The van der Waals surface area contributed by atoms with E-state index in [1.165, 1.54) is 7.11 Å². The summed E-state index contributed by atoms with van der Waals surface area (Å²) in [6.45, 7) is 7.43. The fraction of sp³-hybridized carbons (Fsp3) is 0.636. The van der Waals surface area contributed by atoms with Crippen molar-refractivity contribution < 1.29 is 14.3 Å². The molecular formula is C11H18O3. The summed E-state index contributed by atoms with van der Waals surface area (Å²) < 4.78 is 4.38. The van der Waals surface area contributed by atoms with Gasteiger partial charge in [-0.05, 0) is 12.3 Å². The first kappa shape index (κ1) is 12.9. The van der Waals surface area contributed by atoms with Crippen LogP contribution in [0, 0.1) is 11.8 Å². The highest BCUT2D eigenvalue weighted by Gasteiger charge is 2.26. The van der Waals surface area contributed by atoms with E-state index >= 15 is 0 Å². The molecule has 3 nitrogen and oxygen atoms in total. The SMILES string of the molecule is C=C[C@@H](CCC)[C@@H](C)C(=O)C(=O)OC. The van der Waals surface area contributed by atoms with Crippen LogP contribution in [0.5, 0.6) is 0 Å². The molecule has 0 rings (SSSR count). The Morgan fingerprint density at radius 2 is 2.07 bits per heavy atom. The molecule has 0 aliphatic carbocycles. The van der Waals surface area contributed by atoms with Crippen LogP contribution in [0.25, 0.3) is 0 Å². The van der Waals surface area contributed by atoms with Crippen molar-refractivity contribution in [2.75, 3.05) is 7.11 Å². The van der Waals surface area contributed by atoms with Crippen molar-refractivity contribution in [1.29, 1.82) is 0 Å².